The summed E-state index contributed by atoms with van der Waals surface area (Å²) in [5.74, 6) is 0.240. The van der Waals surface area contributed by atoms with Crippen molar-refractivity contribution in [1.82, 2.24) is 29.4 Å². The quantitative estimate of drug-likeness (QED) is 0.619. The number of hydrogen-bond donors (Lipinski definition) is 2. The van der Waals surface area contributed by atoms with Crippen LogP contribution in [0.2, 0.25) is 0 Å². The van der Waals surface area contributed by atoms with Gasteiger partial charge in [0, 0.05) is 43.1 Å². The zero-order valence-electron chi connectivity index (χ0n) is 20.6. The van der Waals surface area contributed by atoms with Gasteiger partial charge in [-0.05, 0) is 42.2 Å². The molecule has 3 heterocycles. The standard InChI is InChI=1S/C25H36N6O2/c1-24(2,3)14-31-19-8-7-18(28-22(19)30(6)23(31)33)16-9-10-25(4,5)20(11-16)29-21(32)12-17-13-26-15-27-17/h7-8,13,15-16,20H,9-12,14H2,1-6H3,(H,26,27)(H,29,32). The molecule has 178 valence electrons. The molecule has 0 radical (unpaired) electrons. The van der Waals surface area contributed by atoms with E-state index in [2.05, 4.69) is 56.0 Å². The topological polar surface area (TPSA) is 97.6 Å². The van der Waals surface area contributed by atoms with E-state index in [9.17, 15) is 9.59 Å². The number of aromatic amines is 1. The van der Waals surface area contributed by atoms with E-state index in [1.165, 1.54) is 0 Å². The highest BCUT2D eigenvalue weighted by molar-refractivity contribution is 5.78. The van der Waals surface area contributed by atoms with Crippen LogP contribution in [0.15, 0.2) is 29.5 Å². The maximum absolute atomic E-state index is 12.9. The predicted molar refractivity (Wildman–Crippen MR) is 129 cm³/mol. The minimum absolute atomic E-state index is 0.00281. The lowest BCUT2D eigenvalue weighted by Gasteiger charge is -2.42. The first-order chi connectivity index (χ1) is 15.4. The average molecular weight is 453 g/mol. The number of fused-ring (bicyclic) bond motifs is 1. The lowest BCUT2D eigenvalue weighted by molar-refractivity contribution is -0.122. The molecule has 0 saturated heterocycles. The van der Waals surface area contributed by atoms with Gasteiger partial charge in [0.2, 0.25) is 5.91 Å². The molecule has 33 heavy (non-hydrogen) atoms. The first-order valence-electron chi connectivity index (χ1n) is 11.8. The van der Waals surface area contributed by atoms with E-state index >= 15 is 0 Å². The van der Waals surface area contributed by atoms with E-state index in [-0.39, 0.29) is 34.4 Å². The molecule has 0 bridgehead atoms. The maximum Gasteiger partial charge on any atom is 0.330 e. The Morgan fingerprint density at radius 2 is 2.06 bits per heavy atom. The van der Waals surface area contributed by atoms with Crippen LogP contribution in [0.5, 0.6) is 0 Å². The van der Waals surface area contributed by atoms with Gasteiger partial charge >= 0.3 is 5.69 Å². The van der Waals surface area contributed by atoms with Gasteiger partial charge in [0.15, 0.2) is 5.65 Å². The molecule has 1 saturated carbocycles. The van der Waals surface area contributed by atoms with Gasteiger partial charge in [-0.15, -0.1) is 0 Å². The minimum atomic E-state index is -0.0294. The van der Waals surface area contributed by atoms with Gasteiger partial charge in [0.1, 0.15) is 0 Å². The first-order valence-corrected chi connectivity index (χ1v) is 11.8. The van der Waals surface area contributed by atoms with Crippen LogP contribution >= 0.6 is 0 Å². The molecule has 0 aromatic carbocycles. The molecule has 2 atom stereocenters. The van der Waals surface area contributed by atoms with Crippen molar-refractivity contribution in [1.29, 1.82) is 0 Å². The number of aromatic nitrogens is 5. The highest BCUT2D eigenvalue weighted by Gasteiger charge is 2.38. The SMILES string of the molecule is Cn1c(=O)n(CC(C)(C)C)c2ccc(C3CCC(C)(C)C(NC(=O)Cc4cnc[nH]4)C3)nc21. The van der Waals surface area contributed by atoms with Crippen molar-refractivity contribution < 1.29 is 4.79 Å². The zero-order valence-corrected chi connectivity index (χ0v) is 20.6. The number of nitrogens with zero attached hydrogens (tertiary/aromatic N) is 4. The molecule has 0 aliphatic heterocycles. The average Bonchev–Trinajstić information content (AvgIpc) is 3.31. The largest absolute Gasteiger partial charge is 0.352 e. The Morgan fingerprint density at radius 1 is 1.30 bits per heavy atom. The minimum Gasteiger partial charge on any atom is -0.352 e. The Bertz CT molecular complexity index is 1200. The predicted octanol–water partition coefficient (Wildman–Crippen LogP) is 3.53. The van der Waals surface area contributed by atoms with Crippen LogP contribution < -0.4 is 11.0 Å². The molecule has 1 aliphatic rings. The molecule has 3 aromatic rings. The summed E-state index contributed by atoms with van der Waals surface area (Å²) in [5.41, 5.74) is 3.38. The van der Waals surface area contributed by atoms with Crippen molar-refractivity contribution in [2.75, 3.05) is 0 Å². The second-order valence-electron chi connectivity index (χ2n) is 11.4. The summed E-state index contributed by atoms with van der Waals surface area (Å²) < 4.78 is 3.48. The molecule has 2 N–H and O–H groups in total. The second-order valence-corrected chi connectivity index (χ2v) is 11.4. The second kappa shape index (κ2) is 8.47. The smallest absolute Gasteiger partial charge is 0.330 e. The lowest BCUT2D eigenvalue weighted by atomic mass is 9.68. The Hall–Kier alpha value is -2.90. The number of rotatable bonds is 5. The lowest BCUT2D eigenvalue weighted by Crippen LogP contribution is -2.48. The highest BCUT2D eigenvalue weighted by Crippen LogP contribution is 2.42. The summed E-state index contributed by atoms with van der Waals surface area (Å²) in [6.45, 7) is 11.5. The number of pyridine rings is 1. The molecular formula is C25H36N6O2. The van der Waals surface area contributed by atoms with Gasteiger partial charge in [0.25, 0.3) is 0 Å². The number of carbonyl (C=O) groups excluding carboxylic acids is 1. The van der Waals surface area contributed by atoms with Gasteiger partial charge in [-0.2, -0.15) is 0 Å². The summed E-state index contributed by atoms with van der Waals surface area (Å²) >= 11 is 0. The van der Waals surface area contributed by atoms with E-state index in [4.69, 9.17) is 4.98 Å². The van der Waals surface area contributed by atoms with Crippen LogP contribution in [0, 0.1) is 10.8 Å². The Labute approximate surface area is 194 Å². The van der Waals surface area contributed by atoms with Gasteiger partial charge in [0.05, 0.1) is 18.3 Å². The van der Waals surface area contributed by atoms with Crippen molar-refractivity contribution in [3.63, 3.8) is 0 Å². The van der Waals surface area contributed by atoms with Crippen LogP contribution in [0.1, 0.15) is 71.2 Å². The number of imidazole rings is 2. The fourth-order valence-electron chi connectivity index (χ4n) is 4.91. The van der Waals surface area contributed by atoms with E-state index < -0.39 is 0 Å². The summed E-state index contributed by atoms with van der Waals surface area (Å²) in [5, 5.41) is 3.26. The number of aryl methyl sites for hydroxylation is 1. The highest BCUT2D eigenvalue weighted by atomic mass is 16.2. The Balaban J connectivity index is 1.57. The molecule has 2 unspecified atom stereocenters. The number of carbonyl (C=O) groups is 1. The van der Waals surface area contributed by atoms with Crippen LogP contribution in [-0.2, 0) is 24.8 Å². The van der Waals surface area contributed by atoms with Gasteiger partial charge in [-0.3, -0.25) is 13.9 Å². The first kappa shape index (κ1) is 23.3. The van der Waals surface area contributed by atoms with E-state index in [0.717, 1.165) is 41.8 Å². The van der Waals surface area contributed by atoms with Crippen molar-refractivity contribution in [2.24, 2.45) is 17.9 Å². The monoisotopic (exact) mass is 452 g/mol. The third-order valence-electron chi connectivity index (χ3n) is 6.89. The van der Waals surface area contributed by atoms with E-state index in [0.29, 0.717) is 13.0 Å². The molecule has 3 aromatic heterocycles. The van der Waals surface area contributed by atoms with Crippen LogP contribution in [0.25, 0.3) is 11.2 Å². The number of H-pyrrole nitrogens is 1. The summed E-state index contributed by atoms with van der Waals surface area (Å²) in [7, 11) is 1.79. The molecular weight excluding hydrogens is 416 g/mol. The zero-order chi connectivity index (χ0) is 24.0. The van der Waals surface area contributed by atoms with Gasteiger partial charge in [-0.1, -0.05) is 34.6 Å². The van der Waals surface area contributed by atoms with Crippen LogP contribution in [0.3, 0.4) is 0 Å². The number of nitrogens with one attached hydrogen (secondary N) is 2. The molecule has 8 heteroatoms. The van der Waals surface area contributed by atoms with Crippen LogP contribution in [-0.4, -0.2) is 36.0 Å². The summed E-state index contributed by atoms with van der Waals surface area (Å²) in [6, 6.07) is 4.16. The summed E-state index contributed by atoms with van der Waals surface area (Å²) in [4.78, 5) is 37.5. The maximum atomic E-state index is 12.9. The van der Waals surface area contributed by atoms with Gasteiger partial charge in [-0.25, -0.2) is 14.8 Å². The Kier molecular flexibility index (Phi) is 5.97. The van der Waals surface area contributed by atoms with Crippen molar-refractivity contribution in [2.45, 2.75) is 78.8 Å². The van der Waals surface area contributed by atoms with E-state index in [1.807, 2.05) is 10.6 Å². The Morgan fingerprint density at radius 3 is 2.73 bits per heavy atom. The number of hydrogen-bond acceptors (Lipinski definition) is 4. The molecule has 4 rings (SSSR count). The fourth-order valence-corrected chi connectivity index (χ4v) is 4.91. The van der Waals surface area contributed by atoms with Crippen molar-refractivity contribution in [3.05, 3.63) is 46.5 Å². The molecule has 8 nitrogen and oxygen atoms in total. The normalized spacial score (nSPS) is 20.8. The van der Waals surface area contributed by atoms with Crippen LogP contribution in [0.4, 0.5) is 0 Å². The molecule has 1 fully saturated rings. The molecule has 0 spiro atoms. The third-order valence-corrected chi connectivity index (χ3v) is 6.89. The molecule has 1 aliphatic carbocycles. The summed E-state index contributed by atoms with van der Waals surface area (Å²) in [6.07, 6.45) is 6.41. The van der Waals surface area contributed by atoms with Crippen molar-refractivity contribution in [3.8, 4) is 0 Å². The molecule has 1 amide bonds. The third kappa shape index (κ3) is 4.89. The van der Waals surface area contributed by atoms with Gasteiger partial charge < -0.3 is 10.3 Å². The fraction of sp³-hybridized carbons (Fsp3) is 0.600. The van der Waals surface area contributed by atoms with Crippen molar-refractivity contribution >= 4 is 17.1 Å². The number of amides is 1. The van der Waals surface area contributed by atoms with E-state index in [1.54, 1.807) is 24.1 Å².